The first-order valence-electron chi connectivity index (χ1n) is 12.9. The number of halogens is 3. The number of carbonyl (C=O) groups is 1. The molecule has 2 aromatic heterocycles. The Morgan fingerprint density at radius 2 is 1.90 bits per heavy atom. The molecule has 2 aromatic carbocycles. The van der Waals surface area contributed by atoms with Crippen molar-refractivity contribution in [3.63, 3.8) is 0 Å². The van der Waals surface area contributed by atoms with E-state index in [9.17, 15) is 4.79 Å². The van der Waals surface area contributed by atoms with Gasteiger partial charge in [0.2, 0.25) is 11.6 Å². The Hall–Kier alpha value is -3.91. The number of likely N-dealkylation sites (tertiary alicyclic amines) is 1. The summed E-state index contributed by atoms with van der Waals surface area (Å²) in [5.41, 5.74) is 10.3. The smallest absolute Gasteiger partial charge is 0.292 e. The lowest BCUT2D eigenvalue weighted by Gasteiger charge is -2.25. The fraction of sp³-hybridized carbons (Fsp3) is 0.308. The van der Waals surface area contributed by atoms with Gasteiger partial charge in [0.1, 0.15) is 18.1 Å². The van der Waals surface area contributed by atoms with Crippen molar-refractivity contribution in [2.45, 2.75) is 32.4 Å². The lowest BCUT2D eigenvalue weighted by atomic mass is 10.1. The third kappa shape index (κ3) is 6.76. The van der Waals surface area contributed by atoms with Crippen molar-refractivity contribution in [1.29, 1.82) is 0 Å². The van der Waals surface area contributed by atoms with Crippen LogP contribution in [0.5, 0.6) is 11.5 Å². The number of nitrogens with zero attached hydrogens (tertiary/aromatic N) is 7. The molecular weight excluding hydrogens is 609 g/mol. The highest BCUT2D eigenvalue weighted by Crippen LogP contribution is 2.36. The second kappa shape index (κ2) is 13.4. The second-order valence-electron chi connectivity index (χ2n) is 9.36. The number of aromatic nitrogens is 5. The minimum atomic E-state index is -0.560. The number of carbonyl (C=O) groups excluding carboxylic acids is 1. The Balaban J connectivity index is 1.33. The largest absolute Gasteiger partial charge is 0.496 e. The number of amides is 1. The zero-order valence-electron chi connectivity index (χ0n) is 22.4. The number of anilines is 1. The number of benzene rings is 2. The van der Waals surface area contributed by atoms with Gasteiger partial charge < -0.3 is 15.2 Å². The molecule has 3 heterocycles. The fourth-order valence-electron chi connectivity index (χ4n) is 4.49. The number of nitrogens with one attached hydrogen (secondary N) is 1. The molecule has 1 aliphatic heterocycles. The van der Waals surface area contributed by atoms with Crippen LogP contribution in [0.4, 0.5) is 5.82 Å². The monoisotopic (exact) mass is 633 g/mol. The van der Waals surface area contributed by atoms with E-state index in [1.54, 1.807) is 37.4 Å². The number of nitrogen functional groups attached to an aromatic ring is 1. The molecule has 0 aliphatic carbocycles. The van der Waals surface area contributed by atoms with Crippen LogP contribution in [-0.4, -0.2) is 62.5 Å². The Labute approximate surface area is 255 Å². The topological polar surface area (TPSA) is 159 Å². The van der Waals surface area contributed by atoms with Gasteiger partial charge in [-0.3, -0.25) is 9.69 Å². The summed E-state index contributed by atoms with van der Waals surface area (Å²) in [6.45, 7) is 2.33. The number of hydrazone groups is 1. The molecule has 1 aliphatic rings. The SMILES string of the molecule is COc1ccc(/C=N\NC(=O)c2c(CN3CCCCC3)nnn2-c2nonc2N)cc1COc1c(Cl)cc(Cl)cc1Cl. The van der Waals surface area contributed by atoms with Crippen LogP contribution in [0.1, 0.15) is 46.6 Å². The van der Waals surface area contributed by atoms with Gasteiger partial charge in [0.25, 0.3) is 5.91 Å². The average Bonchev–Trinajstić information content (AvgIpc) is 3.58. The third-order valence-corrected chi connectivity index (χ3v) is 7.27. The minimum absolute atomic E-state index is 0.0314. The summed E-state index contributed by atoms with van der Waals surface area (Å²) in [5, 5.41) is 20.8. The predicted molar refractivity (Wildman–Crippen MR) is 157 cm³/mol. The van der Waals surface area contributed by atoms with Crippen LogP contribution in [0.15, 0.2) is 40.1 Å². The Kier molecular flexibility index (Phi) is 9.42. The normalized spacial score (nSPS) is 13.9. The van der Waals surface area contributed by atoms with Gasteiger partial charge in [0.05, 0.1) is 23.4 Å². The molecule has 0 atom stereocenters. The van der Waals surface area contributed by atoms with Gasteiger partial charge in [-0.25, -0.2) is 10.1 Å². The molecule has 1 saturated heterocycles. The standard InChI is InChI=1S/C26H26Cl3N9O4/c1-40-21-6-5-15(9-16(21)14-41-23-18(28)10-17(27)11-19(23)29)12-31-33-26(39)22-20(13-37-7-3-2-4-8-37)32-36-38(22)25-24(30)34-42-35-25/h5-6,9-12H,2-4,7-8,13-14H2,1H3,(H2,30,34)(H,33,39)/b31-12-. The number of piperidine rings is 1. The maximum absolute atomic E-state index is 13.4. The molecule has 220 valence electrons. The van der Waals surface area contributed by atoms with Crippen molar-refractivity contribution in [2.75, 3.05) is 25.9 Å². The van der Waals surface area contributed by atoms with Gasteiger partial charge in [-0.1, -0.05) is 46.4 Å². The molecule has 0 saturated carbocycles. The molecule has 1 fully saturated rings. The van der Waals surface area contributed by atoms with Crippen LogP contribution >= 0.6 is 34.8 Å². The lowest BCUT2D eigenvalue weighted by molar-refractivity contribution is 0.0944. The molecule has 0 bridgehead atoms. The number of ether oxygens (including phenoxy) is 2. The van der Waals surface area contributed by atoms with Crippen molar-refractivity contribution >= 4 is 52.7 Å². The highest BCUT2D eigenvalue weighted by Gasteiger charge is 2.26. The summed E-state index contributed by atoms with van der Waals surface area (Å²) in [7, 11) is 1.55. The van der Waals surface area contributed by atoms with Gasteiger partial charge >= 0.3 is 0 Å². The molecule has 4 aromatic rings. The summed E-state index contributed by atoms with van der Waals surface area (Å²) in [6.07, 6.45) is 4.81. The molecule has 13 nitrogen and oxygen atoms in total. The Morgan fingerprint density at radius 1 is 1.14 bits per heavy atom. The van der Waals surface area contributed by atoms with E-state index in [2.05, 4.69) is 36.1 Å². The summed E-state index contributed by atoms with van der Waals surface area (Å²) in [6, 6.07) is 8.40. The van der Waals surface area contributed by atoms with Crippen LogP contribution < -0.4 is 20.6 Å². The van der Waals surface area contributed by atoms with E-state index in [1.807, 2.05) is 0 Å². The molecule has 1 amide bonds. The summed E-state index contributed by atoms with van der Waals surface area (Å²) < 4.78 is 17.2. The number of rotatable bonds is 10. The number of hydrogen-bond donors (Lipinski definition) is 2. The summed E-state index contributed by atoms with van der Waals surface area (Å²) in [5.74, 6) is 0.339. The molecule has 42 heavy (non-hydrogen) atoms. The van der Waals surface area contributed by atoms with Crippen molar-refractivity contribution in [2.24, 2.45) is 5.10 Å². The van der Waals surface area contributed by atoms with Gasteiger partial charge in [0.15, 0.2) is 11.4 Å². The number of hydrogen-bond acceptors (Lipinski definition) is 11. The van der Waals surface area contributed by atoms with Crippen molar-refractivity contribution in [1.82, 2.24) is 35.6 Å². The molecule has 16 heteroatoms. The third-order valence-electron chi connectivity index (χ3n) is 6.49. The quantitative estimate of drug-likeness (QED) is 0.187. The van der Waals surface area contributed by atoms with E-state index in [0.29, 0.717) is 39.9 Å². The van der Waals surface area contributed by atoms with E-state index in [0.717, 1.165) is 25.9 Å². The predicted octanol–water partition coefficient (Wildman–Crippen LogP) is 4.53. The first-order chi connectivity index (χ1) is 20.3. The van der Waals surface area contributed by atoms with Crippen molar-refractivity contribution < 1.29 is 18.9 Å². The van der Waals surface area contributed by atoms with Gasteiger partial charge in [-0.05, 0) is 72.1 Å². The van der Waals surface area contributed by atoms with Crippen LogP contribution in [0.3, 0.4) is 0 Å². The molecule has 3 N–H and O–H groups in total. The minimum Gasteiger partial charge on any atom is -0.496 e. The van der Waals surface area contributed by atoms with Crippen LogP contribution in [0.25, 0.3) is 5.82 Å². The van der Waals surface area contributed by atoms with Crippen LogP contribution in [0, 0.1) is 0 Å². The van der Waals surface area contributed by atoms with E-state index in [1.165, 1.54) is 17.3 Å². The Bertz CT molecular complexity index is 1580. The second-order valence-corrected chi connectivity index (χ2v) is 10.6. The van der Waals surface area contributed by atoms with Gasteiger partial charge in [-0.2, -0.15) is 9.78 Å². The molecule has 0 unspecified atom stereocenters. The van der Waals surface area contributed by atoms with E-state index in [-0.39, 0.29) is 34.0 Å². The van der Waals surface area contributed by atoms with E-state index in [4.69, 9.17) is 54.6 Å². The van der Waals surface area contributed by atoms with Crippen LogP contribution in [-0.2, 0) is 13.2 Å². The van der Waals surface area contributed by atoms with Crippen molar-refractivity contribution in [3.05, 3.63) is 67.9 Å². The van der Waals surface area contributed by atoms with Crippen molar-refractivity contribution in [3.8, 4) is 17.3 Å². The molecule has 5 rings (SSSR count). The zero-order valence-corrected chi connectivity index (χ0v) is 24.7. The highest BCUT2D eigenvalue weighted by atomic mass is 35.5. The maximum Gasteiger partial charge on any atom is 0.292 e. The molecule has 0 radical (unpaired) electrons. The first-order valence-corrected chi connectivity index (χ1v) is 14.0. The maximum atomic E-state index is 13.4. The van der Waals surface area contributed by atoms with Crippen LogP contribution in [0.2, 0.25) is 15.1 Å². The van der Waals surface area contributed by atoms with E-state index < -0.39 is 5.91 Å². The zero-order chi connectivity index (χ0) is 29.6. The molecule has 0 spiro atoms. The lowest BCUT2D eigenvalue weighted by Crippen LogP contribution is -2.31. The fourth-order valence-corrected chi connectivity index (χ4v) is 5.42. The average molecular weight is 635 g/mol. The molecular formula is C26H26Cl3N9O4. The summed E-state index contributed by atoms with van der Waals surface area (Å²) >= 11 is 18.5. The Morgan fingerprint density at radius 3 is 2.60 bits per heavy atom. The number of nitrogens with two attached hydrogens (primary N) is 1. The number of methoxy groups -OCH3 is 1. The highest BCUT2D eigenvalue weighted by molar-refractivity contribution is 6.40. The first kappa shape index (κ1) is 29.6. The van der Waals surface area contributed by atoms with Gasteiger partial charge in [-0.15, -0.1) is 5.10 Å². The van der Waals surface area contributed by atoms with E-state index >= 15 is 0 Å². The summed E-state index contributed by atoms with van der Waals surface area (Å²) in [4.78, 5) is 15.6. The van der Waals surface area contributed by atoms with Gasteiger partial charge in [0, 0.05) is 17.1 Å².